The van der Waals surface area contributed by atoms with Crippen LogP contribution in [0, 0.1) is 12.8 Å². The normalized spacial score (nSPS) is 24.4. The Hall–Kier alpha value is -0.540. The molecule has 2 atom stereocenters. The maximum atomic E-state index is 6.28. The van der Waals surface area contributed by atoms with Crippen molar-refractivity contribution in [2.24, 2.45) is 13.0 Å². The van der Waals surface area contributed by atoms with Crippen molar-refractivity contribution < 1.29 is 0 Å². The number of nitrogens with one attached hydrogen (secondary N) is 1. The second kappa shape index (κ2) is 6.07. The van der Waals surface area contributed by atoms with Gasteiger partial charge in [-0.2, -0.15) is 5.10 Å². The van der Waals surface area contributed by atoms with Gasteiger partial charge in [-0.25, -0.2) is 0 Å². The predicted octanol–water partition coefficient (Wildman–Crippen LogP) is 3.44. The summed E-state index contributed by atoms with van der Waals surface area (Å²) in [6, 6.07) is 0.648. The minimum absolute atomic E-state index is 0.648. The molecule has 1 aromatic rings. The number of aromatic nitrogens is 2. The van der Waals surface area contributed by atoms with E-state index >= 15 is 0 Å². The summed E-state index contributed by atoms with van der Waals surface area (Å²) < 4.78 is 1.90. The molecule has 1 fully saturated rings. The molecular weight excluding hydrogens is 246 g/mol. The predicted molar refractivity (Wildman–Crippen MR) is 75.8 cm³/mol. The zero-order valence-corrected chi connectivity index (χ0v) is 12.4. The van der Waals surface area contributed by atoms with Gasteiger partial charge in [0.05, 0.1) is 16.4 Å². The lowest BCUT2D eigenvalue weighted by Crippen LogP contribution is -2.38. The lowest BCUT2D eigenvalue weighted by atomic mass is 9.83. The molecule has 1 aromatic heterocycles. The fourth-order valence-corrected chi connectivity index (χ4v) is 3.29. The topological polar surface area (TPSA) is 29.9 Å². The summed E-state index contributed by atoms with van der Waals surface area (Å²) in [5, 5.41) is 8.86. The third kappa shape index (κ3) is 2.89. The zero-order valence-electron chi connectivity index (χ0n) is 11.7. The fourth-order valence-electron chi connectivity index (χ4n) is 3.06. The van der Waals surface area contributed by atoms with Crippen LogP contribution in [-0.2, 0) is 13.6 Å². The largest absolute Gasteiger partial charge is 0.308 e. The van der Waals surface area contributed by atoms with Crippen molar-refractivity contribution >= 4 is 11.6 Å². The van der Waals surface area contributed by atoms with Gasteiger partial charge in [0.15, 0.2) is 0 Å². The van der Waals surface area contributed by atoms with Gasteiger partial charge < -0.3 is 5.32 Å². The molecule has 1 heterocycles. The van der Waals surface area contributed by atoms with Crippen molar-refractivity contribution in [1.29, 1.82) is 0 Å². The molecule has 0 radical (unpaired) electrons. The molecule has 18 heavy (non-hydrogen) atoms. The van der Waals surface area contributed by atoms with E-state index in [9.17, 15) is 0 Å². The van der Waals surface area contributed by atoms with Gasteiger partial charge in [0.1, 0.15) is 0 Å². The minimum atomic E-state index is 0.648. The summed E-state index contributed by atoms with van der Waals surface area (Å²) in [5.74, 6) is 0.826. The smallest absolute Gasteiger partial charge is 0.0860 e. The van der Waals surface area contributed by atoms with Crippen LogP contribution in [0.25, 0.3) is 0 Å². The Morgan fingerprint density at radius 1 is 1.39 bits per heavy atom. The molecular formula is C14H24ClN3. The summed E-state index contributed by atoms with van der Waals surface area (Å²) >= 11 is 6.28. The van der Waals surface area contributed by atoms with E-state index in [0.717, 1.165) is 28.9 Å². The van der Waals surface area contributed by atoms with Crippen molar-refractivity contribution in [3.8, 4) is 0 Å². The van der Waals surface area contributed by atoms with Gasteiger partial charge in [0, 0.05) is 19.6 Å². The molecule has 3 nitrogen and oxygen atoms in total. The molecule has 0 bridgehead atoms. The van der Waals surface area contributed by atoms with Gasteiger partial charge in [0.2, 0.25) is 0 Å². The number of nitrogens with zero attached hydrogens (tertiary/aromatic N) is 2. The van der Waals surface area contributed by atoms with E-state index in [0.29, 0.717) is 6.04 Å². The third-order valence-corrected chi connectivity index (χ3v) is 4.72. The number of hydrogen-bond acceptors (Lipinski definition) is 2. The van der Waals surface area contributed by atoms with Gasteiger partial charge in [-0.3, -0.25) is 4.68 Å². The van der Waals surface area contributed by atoms with Crippen LogP contribution >= 0.6 is 11.6 Å². The first-order valence-electron chi connectivity index (χ1n) is 7.04. The summed E-state index contributed by atoms with van der Waals surface area (Å²) in [4.78, 5) is 0. The van der Waals surface area contributed by atoms with E-state index < -0.39 is 0 Å². The van der Waals surface area contributed by atoms with Crippen LogP contribution in [0.4, 0.5) is 0 Å². The third-order valence-electron chi connectivity index (χ3n) is 4.23. The van der Waals surface area contributed by atoms with Gasteiger partial charge >= 0.3 is 0 Å². The maximum Gasteiger partial charge on any atom is 0.0860 e. The van der Waals surface area contributed by atoms with Crippen LogP contribution in [0.15, 0.2) is 0 Å². The van der Waals surface area contributed by atoms with Crippen LogP contribution in [0.1, 0.15) is 50.4 Å². The van der Waals surface area contributed by atoms with Crippen molar-refractivity contribution in [1.82, 2.24) is 15.1 Å². The van der Waals surface area contributed by atoms with E-state index in [-0.39, 0.29) is 0 Å². The Morgan fingerprint density at radius 3 is 2.72 bits per heavy atom. The molecule has 0 spiro atoms. The van der Waals surface area contributed by atoms with Gasteiger partial charge in [0.25, 0.3) is 0 Å². The van der Waals surface area contributed by atoms with Crippen LogP contribution in [0.5, 0.6) is 0 Å². The first-order valence-corrected chi connectivity index (χ1v) is 7.42. The molecule has 2 rings (SSSR count). The van der Waals surface area contributed by atoms with Crippen LogP contribution < -0.4 is 5.32 Å². The number of halogens is 1. The van der Waals surface area contributed by atoms with Crippen LogP contribution in [0.3, 0.4) is 0 Å². The second-order valence-electron chi connectivity index (χ2n) is 5.41. The number of hydrogen-bond donors (Lipinski definition) is 1. The molecule has 0 saturated heterocycles. The first kappa shape index (κ1) is 13.9. The second-order valence-corrected chi connectivity index (χ2v) is 5.79. The average molecular weight is 270 g/mol. The monoisotopic (exact) mass is 269 g/mol. The van der Waals surface area contributed by atoms with Crippen LogP contribution in [-0.4, -0.2) is 15.8 Å². The van der Waals surface area contributed by atoms with Gasteiger partial charge in [-0.05, 0) is 25.7 Å². The molecule has 102 valence electrons. The summed E-state index contributed by atoms with van der Waals surface area (Å²) in [6.07, 6.45) is 6.68. The van der Waals surface area contributed by atoms with Crippen molar-refractivity contribution in [3.63, 3.8) is 0 Å². The lowest BCUT2D eigenvalue weighted by molar-refractivity contribution is 0.253. The molecule has 2 unspecified atom stereocenters. The Labute approximate surface area is 115 Å². The molecule has 1 saturated carbocycles. The maximum absolute atomic E-state index is 6.28. The number of rotatable bonds is 4. The molecule has 1 aliphatic rings. The van der Waals surface area contributed by atoms with Crippen molar-refractivity contribution in [2.45, 2.75) is 58.5 Å². The highest BCUT2D eigenvalue weighted by molar-refractivity contribution is 6.31. The van der Waals surface area contributed by atoms with E-state index in [1.165, 1.54) is 32.1 Å². The molecule has 0 aromatic carbocycles. The summed E-state index contributed by atoms with van der Waals surface area (Å²) in [7, 11) is 1.97. The Balaban J connectivity index is 1.98. The minimum Gasteiger partial charge on any atom is -0.308 e. The quantitative estimate of drug-likeness (QED) is 0.907. The summed E-state index contributed by atoms with van der Waals surface area (Å²) in [5.41, 5.74) is 2.03. The SMILES string of the molecule is CCC1CCCCC1NCc1c(Cl)c(C)nn1C. The van der Waals surface area contributed by atoms with E-state index in [1.807, 2.05) is 18.7 Å². The van der Waals surface area contributed by atoms with E-state index in [4.69, 9.17) is 11.6 Å². The zero-order chi connectivity index (χ0) is 13.1. The molecule has 1 N–H and O–H groups in total. The Morgan fingerprint density at radius 2 is 2.11 bits per heavy atom. The van der Waals surface area contributed by atoms with Gasteiger partial charge in [-0.15, -0.1) is 0 Å². The van der Waals surface area contributed by atoms with Crippen LogP contribution in [0.2, 0.25) is 5.02 Å². The molecule has 1 aliphatic carbocycles. The highest BCUT2D eigenvalue weighted by Crippen LogP contribution is 2.27. The Kier molecular flexibility index (Phi) is 4.68. The highest BCUT2D eigenvalue weighted by Gasteiger charge is 2.23. The summed E-state index contributed by atoms with van der Waals surface area (Å²) in [6.45, 7) is 5.09. The lowest BCUT2D eigenvalue weighted by Gasteiger charge is -2.31. The molecule has 4 heteroatoms. The highest BCUT2D eigenvalue weighted by atomic mass is 35.5. The first-order chi connectivity index (χ1) is 8.63. The van der Waals surface area contributed by atoms with Crippen molar-refractivity contribution in [3.05, 3.63) is 16.4 Å². The van der Waals surface area contributed by atoms with E-state index in [1.54, 1.807) is 0 Å². The molecule has 0 aliphatic heterocycles. The standard InChI is InChI=1S/C14H24ClN3/c1-4-11-7-5-6-8-12(11)16-9-13-14(15)10(2)17-18(13)3/h11-12,16H,4-9H2,1-3H3. The Bertz CT molecular complexity index is 400. The van der Waals surface area contributed by atoms with Crippen molar-refractivity contribution in [2.75, 3.05) is 0 Å². The fraction of sp³-hybridized carbons (Fsp3) is 0.786. The average Bonchev–Trinajstić information content (AvgIpc) is 2.62. The van der Waals surface area contributed by atoms with Gasteiger partial charge in [-0.1, -0.05) is 37.8 Å². The molecule has 0 amide bonds. The number of aryl methyl sites for hydroxylation is 2. The van der Waals surface area contributed by atoms with E-state index in [2.05, 4.69) is 17.3 Å².